The average Bonchev–Trinajstić information content (AvgIpc) is 2.78. The first-order chi connectivity index (χ1) is 10.7. The Morgan fingerprint density at radius 1 is 0.864 bits per heavy atom. The van der Waals surface area contributed by atoms with Crippen molar-refractivity contribution in [1.82, 2.24) is 10.2 Å². The SMILES string of the molecule is CN(C(=O)NC1C2CC3CC(C2)CC1C3)C1CCCCCC1. The van der Waals surface area contributed by atoms with Crippen molar-refractivity contribution in [1.29, 1.82) is 0 Å². The van der Waals surface area contributed by atoms with Gasteiger partial charge in [-0.1, -0.05) is 25.7 Å². The van der Waals surface area contributed by atoms with Crippen LogP contribution in [0.25, 0.3) is 0 Å². The van der Waals surface area contributed by atoms with Gasteiger partial charge in [-0.15, -0.1) is 0 Å². The van der Waals surface area contributed by atoms with E-state index in [2.05, 4.69) is 5.32 Å². The maximum atomic E-state index is 12.8. The van der Waals surface area contributed by atoms with Crippen LogP contribution in [0.2, 0.25) is 0 Å². The summed E-state index contributed by atoms with van der Waals surface area (Å²) in [6, 6.07) is 1.16. The van der Waals surface area contributed by atoms with Gasteiger partial charge in [0.15, 0.2) is 0 Å². The topological polar surface area (TPSA) is 32.3 Å². The fourth-order valence-corrected chi connectivity index (χ4v) is 6.22. The lowest BCUT2D eigenvalue weighted by atomic mass is 9.54. The maximum absolute atomic E-state index is 12.8. The number of hydrogen-bond donors (Lipinski definition) is 1. The molecule has 0 aromatic heterocycles. The Balaban J connectivity index is 1.37. The first-order valence-corrected chi connectivity index (χ1v) is 9.74. The van der Waals surface area contributed by atoms with Gasteiger partial charge >= 0.3 is 6.03 Å². The molecule has 5 aliphatic carbocycles. The fourth-order valence-electron chi connectivity index (χ4n) is 6.22. The second-order valence-corrected chi connectivity index (χ2v) is 8.66. The molecule has 3 heteroatoms. The Hall–Kier alpha value is -0.730. The molecule has 4 bridgehead atoms. The summed E-state index contributed by atoms with van der Waals surface area (Å²) in [7, 11) is 2.03. The molecule has 3 nitrogen and oxygen atoms in total. The van der Waals surface area contributed by atoms with Crippen molar-refractivity contribution in [2.24, 2.45) is 23.7 Å². The van der Waals surface area contributed by atoms with Crippen molar-refractivity contribution in [3.05, 3.63) is 0 Å². The van der Waals surface area contributed by atoms with Gasteiger partial charge < -0.3 is 10.2 Å². The lowest BCUT2D eigenvalue weighted by Crippen LogP contribution is -2.58. The van der Waals surface area contributed by atoms with E-state index < -0.39 is 0 Å². The Kier molecular flexibility index (Phi) is 4.08. The lowest BCUT2D eigenvalue weighted by Gasteiger charge is -2.54. The van der Waals surface area contributed by atoms with Gasteiger partial charge in [-0.25, -0.2) is 4.79 Å². The van der Waals surface area contributed by atoms with E-state index in [0.29, 0.717) is 12.1 Å². The number of rotatable bonds is 2. The first-order valence-electron chi connectivity index (χ1n) is 9.74. The van der Waals surface area contributed by atoms with Gasteiger partial charge in [0, 0.05) is 19.1 Å². The van der Waals surface area contributed by atoms with Crippen molar-refractivity contribution < 1.29 is 4.79 Å². The molecular formula is C19H32N2O. The molecule has 124 valence electrons. The average molecular weight is 304 g/mol. The summed E-state index contributed by atoms with van der Waals surface area (Å²) in [6.07, 6.45) is 14.7. The molecule has 0 radical (unpaired) electrons. The molecule has 5 aliphatic rings. The summed E-state index contributed by atoms with van der Waals surface area (Å²) >= 11 is 0. The standard InChI is InChI=1S/C19H32N2O/c1-21(17-6-4-2-3-5-7-17)19(22)20-18-15-9-13-8-14(11-15)12-16(18)10-13/h13-18H,2-12H2,1H3,(H,20,22). The lowest BCUT2D eigenvalue weighted by molar-refractivity contribution is -0.0112. The zero-order chi connectivity index (χ0) is 15.1. The third-order valence-corrected chi connectivity index (χ3v) is 7.21. The molecule has 5 fully saturated rings. The monoisotopic (exact) mass is 304 g/mol. The summed E-state index contributed by atoms with van der Waals surface area (Å²) in [5, 5.41) is 3.47. The molecular weight excluding hydrogens is 272 g/mol. The number of nitrogens with one attached hydrogen (secondary N) is 1. The molecule has 0 aromatic carbocycles. The van der Waals surface area contributed by atoms with Crippen LogP contribution in [0.5, 0.6) is 0 Å². The van der Waals surface area contributed by atoms with Crippen LogP contribution in [0, 0.1) is 23.7 Å². The Morgan fingerprint density at radius 3 is 1.95 bits per heavy atom. The van der Waals surface area contributed by atoms with Gasteiger partial charge in [-0.05, 0) is 68.6 Å². The van der Waals surface area contributed by atoms with Gasteiger partial charge in [0.2, 0.25) is 0 Å². The molecule has 2 amide bonds. The van der Waals surface area contributed by atoms with Crippen LogP contribution in [0.4, 0.5) is 4.79 Å². The minimum absolute atomic E-state index is 0.212. The van der Waals surface area contributed by atoms with Gasteiger partial charge in [-0.2, -0.15) is 0 Å². The Labute approximate surface area is 135 Å². The van der Waals surface area contributed by atoms with Crippen molar-refractivity contribution in [2.45, 2.75) is 82.7 Å². The molecule has 1 N–H and O–H groups in total. The van der Waals surface area contributed by atoms with Crippen LogP contribution < -0.4 is 5.32 Å². The van der Waals surface area contributed by atoms with E-state index in [-0.39, 0.29) is 6.03 Å². The van der Waals surface area contributed by atoms with Gasteiger partial charge in [-0.3, -0.25) is 0 Å². The highest BCUT2D eigenvalue weighted by Gasteiger charge is 2.48. The van der Waals surface area contributed by atoms with Crippen molar-refractivity contribution in [3.8, 4) is 0 Å². The quantitative estimate of drug-likeness (QED) is 0.763. The van der Waals surface area contributed by atoms with Gasteiger partial charge in [0.25, 0.3) is 0 Å². The fraction of sp³-hybridized carbons (Fsp3) is 0.947. The van der Waals surface area contributed by atoms with Gasteiger partial charge in [0.05, 0.1) is 0 Å². The summed E-state index contributed by atoms with van der Waals surface area (Å²) in [4.78, 5) is 14.8. The van der Waals surface area contributed by atoms with E-state index in [1.807, 2.05) is 11.9 Å². The van der Waals surface area contributed by atoms with Crippen molar-refractivity contribution in [2.75, 3.05) is 7.05 Å². The largest absolute Gasteiger partial charge is 0.335 e. The Bertz CT molecular complexity index is 386. The van der Waals surface area contributed by atoms with E-state index >= 15 is 0 Å². The molecule has 5 rings (SSSR count). The number of hydrogen-bond acceptors (Lipinski definition) is 1. The first kappa shape index (κ1) is 14.8. The van der Waals surface area contributed by atoms with E-state index in [1.165, 1.54) is 70.6 Å². The Morgan fingerprint density at radius 2 is 1.41 bits per heavy atom. The predicted octanol–water partition coefficient (Wildman–Crippen LogP) is 4.18. The second kappa shape index (κ2) is 6.05. The molecule has 22 heavy (non-hydrogen) atoms. The van der Waals surface area contributed by atoms with E-state index in [0.717, 1.165) is 23.7 Å². The van der Waals surface area contributed by atoms with Crippen molar-refractivity contribution in [3.63, 3.8) is 0 Å². The van der Waals surface area contributed by atoms with E-state index in [9.17, 15) is 4.79 Å². The maximum Gasteiger partial charge on any atom is 0.317 e. The van der Waals surface area contributed by atoms with Gasteiger partial charge in [0.1, 0.15) is 0 Å². The van der Waals surface area contributed by atoms with Crippen LogP contribution in [-0.4, -0.2) is 30.1 Å². The molecule has 0 unspecified atom stereocenters. The zero-order valence-electron chi connectivity index (χ0n) is 14.1. The second-order valence-electron chi connectivity index (χ2n) is 8.66. The number of nitrogens with zero attached hydrogens (tertiary/aromatic N) is 1. The molecule has 0 spiro atoms. The number of urea groups is 1. The number of carbonyl (C=O) groups excluding carboxylic acids is 1. The van der Waals surface area contributed by atoms with Crippen molar-refractivity contribution >= 4 is 6.03 Å². The highest BCUT2D eigenvalue weighted by Crippen LogP contribution is 2.53. The molecule has 0 saturated heterocycles. The van der Waals surface area contributed by atoms with Crippen LogP contribution in [0.3, 0.4) is 0 Å². The number of carbonyl (C=O) groups is 1. The summed E-state index contributed by atoms with van der Waals surface area (Å²) in [5.41, 5.74) is 0. The summed E-state index contributed by atoms with van der Waals surface area (Å²) < 4.78 is 0. The third-order valence-electron chi connectivity index (χ3n) is 7.21. The molecule has 0 aromatic rings. The highest BCUT2D eigenvalue weighted by molar-refractivity contribution is 5.74. The smallest absolute Gasteiger partial charge is 0.317 e. The normalized spacial score (nSPS) is 41.2. The minimum atomic E-state index is 0.212. The molecule has 0 aliphatic heterocycles. The summed E-state index contributed by atoms with van der Waals surface area (Å²) in [5.74, 6) is 3.52. The number of amides is 2. The molecule has 0 heterocycles. The molecule has 5 saturated carbocycles. The van der Waals surface area contributed by atoms with E-state index in [1.54, 1.807) is 0 Å². The predicted molar refractivity (Wildman–Crippen MR) is 88.6 cm³/mol. The van der Waals surface area contributed by atoms with Crippen LogP contribution in [0.1, 0.15) is 70.6 Å². The molecule has 0 atom stereocenters. The minimum Gasteiger partial charge on any atom is -0.335 e. The highest BCUT2D eigenvalue weighted by atomic mass is 16.2. The van der Waals surface area contributed by atoms with E-state index in [4.69, 9.17) is 0 Å². The van der Waals surface area contributed by atoms with Crippen LogP contribution in [-0.2, 0) is 0 Å². The summed E-state index contributed by atoms with van der Waals surface area (Å²) in [6.45, 7) is 0. The van der Waals surface area contributed by atoms with Crippen LogP contribution in [0.15, 0.2) is 0 Å². The van der Waals surface area contributed by atoms with Crippen LogP contribution >= 0.6 is 0 Å². The zero-order valence-corrected chi connectivity index (χ0v) is 14.1. The third kappa shape index (κ3) is 2.76.